The Kier molecular flexibility index (Phi) is 5.73. The van der Waals surface area contributed by atoms with Crippen LogP contribution in [0.25, 0.3) is 0 Å². The summed E-state index contributed by atoms with van der Waals surface area (Å²) >= 11 is 3.49. The highest BCUT2D eigenvalue weighted by Gasteiger charge is 2.25. The molecule has 1 unspecified atom stereocenters. The molecule has 22 heavy (non-hydrogen) atoms. The highest BCUT2D eigenvalue weighted by Crippen LogP contribution is 2.21. The third-order valence-electron chi connectivity index (χ3n) is 3.58. The molecule has 1 aromatic rings. The average molecular weight is 369 g/mol. The van der Waals surface area contributed by atoms with Crippen molar-refractivity contribution in [2.75, 3.05) is 18.4 Å². The summed E-state index contributed by atoms with van der Waals surface area (Å²) in [5.41, 5.74) is 0.683. The quantitative estimate of drug-likeness (QED) is 0.825. The lowest BCUT2D eigenvalue weighted by Gasteiger charge is -2.26. The van der Waals surface area contributed by atoms with Gasteiger partial charge in [0.25, 0.3) is 0 Å². The van der Waals surface area contributed by atoms with Gasteiger partial charge in [-0.1, -0.05) is 22.0 Å². The maximum Gasteiger partial charge on any atom is 0.410 e. The van der Waals surface area contributed by atoms with Gasteiger partial charge in [-0.2, -0.15) is 0 Å². The number of carbonyl (C=O) groups excluding carboxylic acids is 1. The molecular weight excluding hydrogens is 344 g/mol. The fraction of sp³-hybridized carbons (Fsp3) is 0.588. The van der Waals surface area contributed by atoms with E-state index in [1.165, 1.54) is 0 Å². The van der Waals surface area contributed by atoms with E-state index in [1.54, 1.807) is 0 Å². The third kappa shape index (κ3) is 5.52. The van der Waals surface area contributed by atoms with Crippen molar-refractivity contribution in [3.8, 4) is 0 Å². The number of anilines is 1. The molecule has 1 saturated heterocycles. The number of hydrogen-bond donors (Lipinski definition) is 1. The maximum atomic E-state index is 12.2. The minimum Gasteiger partial charge on any atom is -0.444 e. The zero-order valence-corrected chi connectivity index (χ0v) is 15.1. The van der Waals surface area contributed by atoms with Gasteiger partial charge in [-0.3, -0.25) is 0 Å². The molecule has 1 aliphatic heterocycles. The highest BCUT2D eigenvalue weighted by molar-refractivity contribution is 9.10. The normalized spacial score (nSPS) is 19.5. The van der Waals surface area contributed by atoms with Gasteiger partial charge in [0.1, 0.15) is 5.60 Å². The van der Waals surface area contributed by atoms with Crippen LogP contribution in [-0.2, 0) is 4.74 Å². The van der Waals surface area contributed by atoms with E-state index in [4.69, 9.17) is 4.74 Å². The van der Waals surface area contributed by atoms with Gasteiger partial charge in [0, 0.05) is 29.3 Å². The molecule has 0 spiro atoms. The molecule has 1 fully saturated rings. The van der Waals surface area contributed by atoms with Gasteiger partial charge >= 0.3 is 6.09 Å². The van der Waals surface area contributed by atoms with E-state index < -0.39 is 5.60 Å². The minimum absolute atomic E-state index is 0.199. The van der Waals surface area contributed by atoms with Crippen molar-refractivity contribution in [1.29, 1.82) is 0 Å². The van der Waals surface area contributed by atoms with Gasteiger partial charge in [0.05, 0.1) is 0 Å². The predicted molar refractivity (Wildman–Crippen MR) is 93.2 cm³/mol. The van der Waals surface area contributed by atoms with Crippen molar-refractivity contribution in [2.24, 2.45) is 0 Å². The van der Waals surface area contributed by atoms with Gasteiger partial charge in [-0.15, -0.1) is 0 Å². The second-order valence-electron chi connectivity index (χ2n) is 6.75. The van der Waals surface area contributed by atoms with Crippen molar-refractivity contribution < 1.29 is 9.53 Å². The molecule has 1 N–H and O–H groups in total. The number of hydrogen-bond acceptors (Lipinski definition) is 3. The second kappa shape index (κ2) is 7.36. The first-order valence-electron chi connectivity index (χ1n) is 7.83. The number of carbonyl (C=O) groups is 1. The van der Waals surface area contributed by atoms with Crippen LogP contribution in [0.1, 0.15) is 40.0 Å². The molecule has 0 radical (unpaired) electrons. The van der Waals surface area contributed by atoms with E-state index in [2.05, 4.69) is 33.4 Å². The monoisotopic (exact) mass is 368 g/mol. The highest BCUT2D eigenvalue weighted by atomic mass is 79.9. The molecule has 0 aliphatic carbocycles. The zero-order valence-electron chi connectivity index (χ0n) is 13.6. The van der Waals surface area contributed by atoms with E-state index in [0.29, 0.717) is 6.04 Å². The number of rotatable bonds is 2. The molecule has 1 amide bonds. The van der Waals surface area contributed by atoms with Crippen molar-refractivity contribution in [1.82, 2.24) is 4.90 Å². The molecule has 4 nitrogen and oxygen atoms in total. The SMILES string of the molecule is CC(C)(C)OC(=O)N1CCCC(Nc2cccc(Br)c2)CC1. The Balaban J connectivity index is 1.88. The summed E-state index contributed by atoms with van der Waals surface area (Å²) in [4.78, 5) is 14.0. The largest absolute Gasteiger partial charge is 0.444 e. The molecule has 1 atom stereocenters. The molecule has 5 heteroatoms. The van der Waals surface area contributed by atoms with Crippen LogP contribution in [0.2, 0.25) is 0 Å². The summed E-state index contributed by atoms with van der Waals surface area (Å²) in [5.74, 6) is 0. The first kappa shape index (κ1) is 17.1. The number of halogens is 1. The molecular formula is C17H25BrN2O2. The molecule has 1 heterocycles. The molecule has 0 aromatic heterocycles. The summed E-state index contributed by atoms with van der Waals surface area (Å²) in [5, 5.41) is 3.56. The van der Waals surface area contributed by atoms with Crippen LogP contribution in [-0.4, -0.2) is 35.7 Å². The maximum absolute atomic E-state index is 12.2. The molecule has 0 bridgehead atoms. The fourth-order valence-corrected chi connectivity index (χ4v) is 2.96. The topological polar surface area (TPSA) is 41.6 Å². The molecule has 1 aliphatic rings. The number of amides is 1. The van der Waals surface area contributed by atoms with Gasteiger partial charge in [0.15, 0.2) is 0 Å². The summed E-state index contributed by atoms with van der Waals surface area (Å²) in [7, 11) is 0. The average Bonchev–Trinajstić information content (AvgIpc) is 2.62. The van der Waals surface area contributed by atoms with Crippen molar-refractivity contribution >= 4 is 27.7 Å². The fourth-order valence-electron chi connectivity index (χ4n) is 2.56. The Morgan fingerprint density at radius 2 is 2.09 bits per heavy atom. The van der Waals surface area contributed by atoms with Gasteiger partial charge in [-0.25, -0.2) is 4.79 Å². The Bertz CT molecular complexity index is 514. The lowest BCUT2D eigenvalue weighted by atomic mass is 10.1. The number of benzene rings is 1. The Morgan fingerprint density at radius 3 is 2.77 bits per heavy atom. The molecule has 2 rings (SSSR count). The number of nitrogens with one attached hydrogen (secondary N) is 1. The summed E-state index contributed by atoms with van der Waals surface area (Å²) in [6, 6.07) is 8.58. The summed E-state index contributed by atoms with van der Waals surface area (Å²) in [6.07, 6.45) is 2.79. The van der Waals surface area contributed by atoms with Gasteiger partial charge < -0.3 is 15.0 Å². The second-order valence-corrected chi connectivity index (χ2v) is 7.67. The number of likely N-dealkylation sites (tertiary alicyclic amines) is 1. The van der Waals surface area contributed by atoms with Crippen molar-refractivity contribution in [3.63, 3.8) is 0 Å². The van der Waals surface area contributed by atoms with Crippen LogP contribution >= 0.6 is 15.9 Å². The Morgan fingerprint density at radius 1 is 1.32 bits per heavy atom. The first-order valence-corrected chi connectivity index (χ1v) is 8.63. The lowest BCUT2D eigenvalue weighted by molar-refractivity contribution is 0.0256. The standard InChI is InChI=1S/C17H25BrN2O2/c1-17(2,3)22-16(21)20-10-5-8-14(9-11-20)19-15-7-4-6-13(18)12-15/h4,6-7,12,14,19H,5,8-11H2,1-3H3. The van der Waals surface area contributed by atoms with E-state index >= 15 is 0 Å². The smallest absolute Gasteiger partial charge is 0.410 e. The van der Waals surface area contributed by atoms with Crippen LogP contribution in [0.5, 0.6) is 0 Å². The first-order chi connectivity index (χ1) is 10.3. The zero-order chi connectivity index (χ0) is 16.2. The third-order valence-corrected chi connectivity index (χ3v) is 4.07. The summed E-state index contributed by atoms with van der Waals surface area (Å²) in [6.45, 7) is 7.22. The van der Waals surface area contributed by atoms with Crippen LogP contribution in [0, 0.1) is 0 Å². The van der Waals surface area contributed by atoms with Gasteiger partial charge in [-0.05, 0) is 58.2 Å². The van der Waals surface area contributed by atoms with Crippen LogP contribution < -0.4 is 5.32 Å². The Labute approximate surface area is 141 Å². The Hall–Kier alpha value is -1.23. The number of ether oxygens (including phenoxy) is 1. The van der Waals surface area contributed by atoms with Gasteiger partial charge in [0.2, 0.25) is 0 Å². The minimum atomic E-state index is -0.433. The summed E-state index contributed by atoms with van der Waals surface area (Å²) < 4.78 is 6.53. The number of nitrogens with zero attached hydrogens (tertiary/aromatic N) is 1. The van der Waals surface area contributed by atoms with Crippen LogP contribution in [0.15, 0.2) is 28.7 Å². The molecule has 1 aromatic carbocycles. The predicted octanol–water partition coefficient (Wildman–Crippen LogP) is 4.65. The van der Waals surface area contributed by atoms with E-state index in [9.17, 15) is 4.79 Å². The van der Waals surface area contributed by atoms with Crippen LogP contribution in [0.3, 0.4) is 0 Å². The van der Waals surface area contributed by atoms with E-state index in [0.717, 1.165) is 42.5 Å². The molecule has 0 saturated carbocycles. The lowest BCUT2D eigenvalue weighted by Crippen LogP contribution is -2.37. The van der Waals surface area contributed by atoms with Crippen molar-refractivity contribution in [2.45, 2.75) is 51.7 Å². The van der Waals surface area contributed by atoms with Crippen molar-refractivity contribution in [3.05, 3.63) is 28.7 Å². The van der Waals surface area contributed by atoms with E-state index in [1.807, 2.05) is 37.8 Å². The van der Waals surface area contributed by atoms with Crippen LogP contribution in [0.4, 0.5) is 10.5 Å². The molecule has 122 valence electrons. The van der Waals surface area contributed by atoms with E-state index in [-0.39, 0.29) is 6.09 Å².